The first kappa shape index (κ1) is 9.44. The quantitative estimate of drug-likeness (QED) is 0.683. The van der Waals surface area contributed by atoms with Gasteiger partial charge in [0, 0.05) is 6.20 Å². The van der Waals surface area contributed by atoms with E-state index in [1.807, 2.05) is 13.8 Å². The fourth-order valence-electron chi connectivity index (χ4n) is 1.04. The van der Waals surface area contributed by atoms with Gasteiger partial charge in [-0.3, -0.25) is 4.79 Å². The van der Waals surface area contributed by atoms with Crippen LogP contribution in [0.3, 0.4) is 0 Å². The second-order valence-electron chi connectivity index (χ2n) is 3.05. The number of carbonyl (C=O) groups excluding carboxylic acids is 1. The van der Waals surface area contributed by atoms with Gasteiger partial charge in [0.2, 0.25) is 5.95 Å². The number of rotatable bonds is 2. The van der Waals surface area contributed by atoms with Crippen molar-refractivity contribution in [3.8, 4) is 0 Å². The molecule has 0 spiro atoms. The van der Waals surface area contributed by atoms with E-state index in [0.717, 1.165) is 0 Å². The number of hydrogen-bond donors (Lipinski definition) is 2. The topological polar surface area (TPSA) is 94.9 Å². The zero-order chi connectivity index (χ0) is 10.0. The van der Waals surface area contributed by atoms with Crippen LogP contribution in [-0.2, 0) is 0 Å². The lowest BCUT2D eigenvalue weighted by molar-refractivity contribution is 0.0998. The molecule has 0 bridgehead atoms. The van der Waals surface area contributed by atoms with E-state index < -0.39 is 5.91 Å². The average molecular weight is 180 g/mol. The lowest BCUT2D eigenvalue weighted by atomic mass is 10.1. The van der Waals surface area contributed by atoms with Crippen LogP contribution >= 0.6 is 0 Å². The van der Waals surface area contributed by atoms with Gasteiger partial charge in [-0.15, -0.1) is 0 Å². The molecule has 0 unspecified atom stereocenters. The predicted molar refractivity (Wildman–Crippen MR) is 49.1 cm³/mol. The molecule has 0 aliphatic carbocycles. The molecule has 4 N–H and O–H groups in total. The van der Waals surface area contributed by atoms with Crippen LogP contribution in [0, 0.1) is 0 Å². The maximum atomic E-state index is 10.9. The first-order valence-electron chi connectivity index (χ1n) is 3.94. The minimum atomic E-state index is -0.524. The highest BCUT2D eigenvalue weighted by Crippen LogP contribution is 2.16. The summed E-state index contributed by atoms with van der Waals surface area (Å²) in [6.45, 7) is 3.82. The molecule has 0 aliphatic heterocycles. The first-order chi connectivity index (χ1) is 6.02. The summed E-state index contributed by atoms with van der Waals surface area (Å²) in [5.41, 5.74) is 11.5. The van der Waals surface area contributed by atoms with Crippen molar-refractivity contribution >= 4 is 11.9 Å². The van der Waals surface area contributed by atoms with E-state index in [4.69, 9.17) is 11.5 Å². The normalized spacial score (nSPS) is 10.4. The molecule has 70 valence electrons. The maximum absolute atomic E-state index is 10.9. The summed E-state index contributed by atoms with van der Waals surface area (Å²) >= 11 is 0. The van der Waals surface area contributed by atoms with Gasteiger partial charge in [-0.05, 0) is 5.92 Å². The van der Waals surface area contributed by atoms with Crippen molar-refractivity contribution < 1.29 is 4.79 Å². The first-order valence-corrected chi connectivity index (χ1v) is 3.94. The fraction of sp³-hybridized carbons (Fsp3) is 0.375. The van der Waals surface area contributed by atoms with E-state index in [-0.39, 0.29) is 11.9 Å². The molecule has 0 aromatic carbocycles. The molecule has 1 heterocycles. The minimum Gasteiger partial charge on any atom is -0.368 e. The highest BCUT2D eigenvalue weighted by molar-refractivity contribution is 5.93. The number of nitrogen functional groups attached to an aromatic ring is 1. The van der Waals surface area contributed by atoms with Crippen LogP contribution in [0.15, 0.2) is 6.20 Å². The maximum Gasteiger partial charge on any atom is 0.252 e. The van der Waals surface area contributed by atoms with Crippen LogP contribution in [-0.4, -0.2) is 15.9 Å². The standard InChI is InChI=1S/C8H12N4O/c1-4(2)6-5(7(9)13)3-11-8(10)12-6/h3-4H,1-2H3,(H2,9,13)(H2,10,11,12). The molecule has 13 heavy (non-hydrogen) atoms. The van der Waals surface area contributed by atoms with E-state index in [1.165, 1.54) is 6.20 Å². The molecule has 5 heteroatoms. The Balaban J connectivity index is 3.26. The van der Waals surface area contributed by atoms with Crippen LogP contribution in [0.25, 0.3) is 0 Å². The summed E-state index contributed by atoms with van der Waals surface area (Å²) < 4.78 is 0. The second kappa shape index (κ2) is 3.38. The molecule has 5 nitrogen and oxygen atoms in total. The lowest BCUT2D eigenvalue weighted by Crippen LogP contribution is -2.17. The van der Waals surface area contributed by atoms with Gasteiger partial charge < -0.3 is 11.5 Å². The van der Waals surface area contributed by atoms with Gasteiger partial charge in [0.1, 0.15) is 0 Å². The van der Waals surface area contributed by atoms with Gasteiger partial charge in [0.15, 0.2) is 0 Å². The van der Waals surface area contributed by atoms with E-state index in [1.54, 1.807) is 0 Å². The molecule has 1 rings (SSSR count). The predicted octanol–water partition coefficient (Wildman–Crippen LogP) is 0.281. The summed E-state index contributed by atoms with van der Waals surface area (Å²) in [7, 11) is 0. The van der Waals surface area contributed by atoms with E-state index >= 15 is 0 Å². The molecule has 0 saturated carbocycles. The van der Waals surface area contributed by atoms with Crippen LogP contribution in [0.5, 0.6) is 0 Å². The Kier molecular flexibility index (Phi) is 2.46. The zero-order valence-corrected chi connectivity index (χ0v) is 7.61. The van der Waals surface area contributed by atoms with Gasteiger partial charge in [-0.25, -0.2) is 9.97 Å². The number of nitrogens with zero attached hydrogens (tertiary/aromatic N) is 2. The Bertz CT molecular complexity index is 335. The van der Waals surface area contributed by atoms with Gasteiger partial charge in [0.05, 0.1) is 11.3 Å². The van der Waals surface area contributed by atoms with Gasteiger partial charge >= 0.3 is 0 Å². The second-order valence-corrected chi connectivity index (χ2v) is 3.05. The van der Waals surface area contributed by atoms with Crippen molar-refractivity contribution in [2.75, 3.05) is 5.73 Å². The Labute approximate surface area is 76.2 Å². The Morgan fingerprint density at radius 3 is 2.62 bits per heavy atom. The molecule has 0 radical (unpaired) electrons. The van der Waals surface area contributed by atoms with Crippen LogP contribution in [0.2, 0.25) is 0 Å². The van der Waals surface area contributed by atoms with Crippen molar-refractivity contribution in [3.63, 3.8) is 0 Å². The average Bonchev–Trinajstić information content (AvgIpc) is 2.03. The Hall–Kier alpha value is -1.65. The zero-order valence-electron chi connectivity index (χ0n) is 7.61. The smallest absolute Gasteiger partial charge is 0.252 e. The van der Waals surface area contributed by atoms with Crippen molar-refractivity contribution in [1.82, 2.24) is 9.97 Å². The molecule has 1 aromatic rings. The van der Waals surface area contributed by atoms with Gasteiger partial charge in [-0.1, -0.05) is 13.8 Å². The highest BCUT2D eigenvalue weighted by atomic mass is 16.1. The van der Waals surface area contributed by atoms with Crippen molar-refractivity contribution in [3.05, 3.63) is 17.5 Å². The molecule has 0 saturated heterocycles. The number of nitrogens with two attached hydrogens (primary N) is 2. The SMILES string of the molecule is CC(C)c1nc(N)ncc1C(N)=O. The third-order valence-corrected chi connectivity index (χ3v) is 1.65. The number of primary amides is 1. The Morgan fingerprint density at radius 2 is 2.15 bits per heavy atom. The molecule has 1 amide bonds. The number of amides is 1. The summed E-state index contributed by atoms with van der Waals surface area (Å²) in [5, 5.41) is 0. The third-order valence-electron chi connectivity index (χ3n) is 1.65. The van der Waals surface area contributed by atoms with Gasteiger partial charge in [-0.2, -0.15) is 0 Å². The summed E-state index contributed by atoms with van der Waals surface area (Å²) in [5.74, 6) is -0.259. The number of carbonyl (C=O) groups is 1. The summed E-state index contributed by atoms with van der Waals surface area (Å²) in [6.07, 6.45) is 1.36. The van der Waals surface area contributed by atoms with E-state index in [0.29, 0.717) is 11.3 Å². The third kappa shape index (κ3) is 1.93. The van der Waals surface area contributed by atoms with Crippen molar-refractivity contribution in [1.29, 1.82) is 0 Å². The Morgan fingerprint density at radius 1 is 1.54 bits per heavy atom. The van der Waals surface area contributed by atoms with E-state index in [2.05, 4.69) is 9.97 Å². The molecular formula is C8H12N4O. The van der Waals surface area contributed by atoms with Crippen LogP contribution in [0.1, 0.15) is 35.8 Å². The monoisotopic (exact) mass is 180 g/mol. The molecule has 0 atom stereocenters. The number of aromatic nitrogens is 2. The van der Waals surface area contributed by atoms with Crippen LogP contribution < -0.4 is 11.5 Å². The van der Waals surface area contributed by atoms with E-state index in [9.17, 15) is 4.79 Å². The van der Waals surface area contributed by atoms with Crippen molar-refractivity contribution in [2.24, 2.45) is 5.73 Å². The van der Waals surface area contributed by atoms with Gasteiger partial charge in [0.25, 0.3) is 5.91 Å². The fourth-order valence-corrected chi connectivity index (χ4v) is 1.04. The van der Waals surface area contributed by atoms with Crippen LogP contribution in [0.4, 0.5) is 5.95 Å². The van der Waals surface area contributed by atoms with Crippen molar-refractivity contribution in [2.45, 2.75) is 19.8 Å². The lowest BCUT2D eigenvalue weighted by Gasteiger charge is -2.08. The molecule has 0 fully saturated rings. The molecular weight excluding hydrogens is 168 g/mol. The largest absolute Gasteiger partial charge is 0.368 e. The highest BCUT2D eigenvalue weighted by Gasteiger charge is 2.13. The summed E-state index contributed by atoms with van der Waals surface area (Å²) in [4.78, 5) is 18.6. The number of anilines is 1. The molecule has 1 aromatic heterocycles. The molecule has 0 aliphatic rings. The number of hydrogen-bond acceptors (Lipinski definition) is 4. The minimum absolute atomic E-state index is 0.104. The summed E-state index contributed by atoms with van der Waals surface area (Å²) in [6, 6.07) is 0.